The van der Waals surface area contributed by atoms with Gasteiger partial charge in [0.25, 0.3) is 0 Å². The van der Waals surface area contributed by atoms with E-state index in [0.717, 1.165) is 5.56 Å². The van der Waals surface area contributed by atoms with Gasteiger partial charge < -0.3 is 20.5 Å². The van der Waals surface area contributed by atoms with Crippen molar-refractivity contribution in [1.29, 1.82) is 0 Å². The van der Waals surface area contributed by atoms with Gasteiger partial charge in [0, 0.05) is 18.7 Å². The van der Waals surface area contributed by atoms with Gasteiger partial charge in [0.1, 0.15) is 0 Å². The van der Waals surface area contributed by atoms with E-state index in [1.165, 1.54) is 4.90 Å². The molecule has 1 amide bonds. The van der Waals surface area contributed by atoms with E-state index in [9.17, 15) is 9.59 Å². The molecule has 6 heteroatoms. The Morgan fingerprint density at radius 1 is 1.35 bits per heavy atom. The van der Waals surface area contributed by atoms with Crippen molar-refractivity contribution in [3.8, 4) is 0 Å². The van der Waals surface area contributed by atoms with Gasteiger partial charge in [-0.2, -0.15) is 0 Å². The fourth-order valence-corrected chi connectivity index (χ4v) is 2.19. The molecule has 0 aromatic heterocycles. The first-order valence-corrected chi connectivity index (χ1v) is 6.52. The third-order valence-electron chi connectivity index (χ3n) is 3.34. The molecule has 1 atom stereocenters. The van der Waals surface area contributed by atoms with Crippen LogP contribution in [0.2, 0.25) is 0 Å². The molecule has 1 unspecified atom stereocenters. The highest BCUT2D eigenvalue weighted by molar-refractivity contribution is 5.84. The van der Waals surface area contributed by atoms with Crippen molar-refractivity contribution in [2.24, 2.45) is 0 Å². The molecule has 6 nitrogen and oxygen atoms in total. The number of aliphatic carboxylic acids is 1. The van der Waals surface area contributed by atoms with Gasteiger partial charge in [0.2, 0.25) is 5.91 Å². The van der Waals surface area contributed by atoms with Gasteiger partial charge in [0.05, 0.1) is 13.2 Å². The Kier molecular flexibility index (Phi) is 4.57. The minimum Gasteiger partial charge on any atom is -0.480 e. The molecule has 1 aliphatic rings. The summed E-state index contributed by atoms with van der Waals surface area (Å²) in [6.45, 7) is 0.776. The maximum absolute atomic E-state index is 12.1. The summed E-state index contributed by atoms with van der Waals surface area (Å²) in [6.07, 6.45) is 0.858. The number of carbonyl (C=O) groups excluding carboxylic acids is 1. The number of carboxylic acids is 1. The molecule has 0 aliphatic carbocycles. The predicted octanol–water partition coefficient (Wildman–Crippen LogP) is 0.513. The Morgan fingerprint density at radius 2 is 2.05 bits per heavy atom. The number of anilines is 1. The van der Waals surface area contributed by atoms with E-state index in [1.54, 1.807) is 12.1 Å². The Labute approximate surface area is 117 Å². The summed E-state index contributed by atoms with van der Waals surface area (Å²) in [7, 11) is 0. The van der Waals surface area contributed by atoms with Crippen LogP contribution >= 0.6 is 0 Å². The van der Waals surface area contributed by atoms with Crippen LogP contribution in [0.4, 0.5) is 5.69 Å². The lowest BCUT2D eigenvalue weighted by atomic mass is 10.1. The first-order chi connectivity index (χ1) is 9.58. The number of aryl methyl sites for hydroxylation is 1. The largest absolute Gasteiger partial charge is 0.480 e. The summed E-state index contributed by atoms with van der Waals surface area (Å²) in [5.74, 6) is -1.18. The number of carbonyl (C=O) groups is 2. The SMILES string of the molecule is Nc1ccc(CCC(=O)N2CCOCC2C(=O)O)cc1. The van der Waals surface area contributed by atoms with Gasteiger partial charge in [-0.15, -0.1) is 0 Å². The van der Waals surface area contributed by atoms with E-state index in [1.807, 2.05) is 12.1 Å². The van der Waals surface area contributed by atoms with E-state index < -0.39 is 12.0 Å². The molecule has 3 N–H and O–H groups in total. The van der Waals surface area contributed by atoms with E-state index in [2.05, 4.69) is 0 Å². The normalized spacial score (nSPS) is 18.8. The van der Waals surface area contributed by atoms with Gasteiger partial charge in [-0.3, -0.25) is 4.79 Å². The Bertz CT molecular complexity index is 486. The van der Waals surface area contributed by atoms with Crippen molar-refractivity contribution in [1.82, 2.24) is 4.90 Å². The fraction of sp³-hybridized carbons (Fsp3) is 0.429. The number of carboxylic acid groups (broad SMARTS) is 1. The molecule has 1 aliphatic heterocycles. The summed E-state index contributed by atoms with van der Waals surface area (Å²) in [5, 5.41) is 9.09. The molecule has 0 bridgehead atoms. The Balaban J connectivity index is 1.93. The highest BCUT2D eigenvalue weighted by atomic mass is 16.5. The second-order valence-electron chi connectivity index (χ2n) is 4.76. The Hall–Kier alpha value is -2.08. The number of amides is 1. The quantitative estimate of drug-likeness (QED) is 0.783. The summed E-state index contributed by atoms with van der Waals surface area (Å²) < 4.78 is 5.11. The lowest BCUT2D eigenvalue weighted by Gasteiger charge is -2.32. The molecule has 0 saturated carbocycles. The second kappa shape index (κ2) is 6.38. The summed E-state index contributed by atoms with van der Waals surface area (Å²) >= 11 is 0. The minimum absolute atomic E-state index is 0.0585. The number of hydrogen-bond acceptors (Lipinski definition) is 4. The molecule has 2 rings (SSSR count). The molecule has 1 saturated heterocycles. The zero-order chi connectivity index (χ0) is 14.5. The molecule has 0 radical (unpaired) electrons. The fourth-order valence-electron chi connectivity index (χ4n) is 2.19. The van der Waals surface area contributed by atoms with Crippen LogP contribution in [0, 0.1) is 0 Å². The standard InChI is InChI=1S/C14H18N2O4/c15-11-4-1-10(2-5-11)3-6-13(17)16-7-8-20-9-12(16)14(18)19/h1-2,4-5,12H,3,6-9,15H2,(H,18,19). The lowest BCUT2D eigenvalue weighted by molar-refractivity contribution is -0.158. The van der Waals surface area contributed by atoms with Gasteiger partial charge in [-0.05, 0) is 24.1 Å². The average molecular weight is 278 g/mol. The second-order valence-corrected chi connectivity index (χ2v) is 4.76. The number of benzene rings is 1. The van der Waals surface area contributed by atoms with Crippen LogP contribution in [-0.2, 0) is 20.7 Å². The molecular formula is C14H18N2O4. The highest BCUT2D eigenvalue weighted by Crippen LogP contribution is 2.12. The van der Waals surface area contributed by atoms with Crippen LogP contribution in [0.15, 0.2) is 24.3 Å². The Morgan fingerprint density at radius 3 is 2.70 bits per heavy atom. The number of hydrogen-bond donors (Lipinski definition) is 2. The average Bonchev–Trinajstić information content (AvgIpc) is 2.46. The first kappa shape index (κ1) is 14.3. The van der Waals surface area contributed by atoms with Crippen LogP contribution in [0.5, 0.6) is 0 Å². The van der Waals surface area contributed by atoms with E-state index in [0.29, 0.717) is 25.3 Å². The van der Waals surface area contributed by atoms with E-state index in [4.69, 9.17) is 15.6 Å². The van der Waals surface area contributed by atoms with Crippen molar-refractivity contribution >= 4 is 17.6 Å². The van der Waals surface area contributed by atoms with Gasteiger partial charge in [-0.1, -0.05) is 12.1 Å². The maximum Gasteiger partial charge on any atom is 0.328 e. The topological polar surface area (TPSA) is 92.9 Å². The molecule has 0 spiro atoms. The number of nitrogen functional groups attached to an aromatic ring is 1. The van der Waals surface area contributed by atoms with Gasteiger partial charge in [-0.25, -0.2) is 4.79 Å². The monoisotopic (exact) mass is 278 g/mol. The van der Waals surface area contributed by atoms with Crippen molar-refractivity contribution in [2.75, 3.05) is 25.5 Å². The van der Waals surface area contributed by atoms with E-state index in [-0.39, 0.29) is 18.9 Å². The smallest absolute Gasteiger partial charge is 0.328 e. The predicted molar refractivity (Wildman–Crippen MR) is 73.1 cm³/mol. The van der Waals surface area contributed by atoms with Crippen LogP contribution in [0.25, 0.3) is 0 Å². The number of morpholine rings is 1. The molecule has 108 valence electrons. The molecule has 20 heavy (non-hydrogen) atoms. The maximum atomic E-state index is 12.1. The third-order valence-corrected chi connectivity index (χ3v) is 3.34. The third kappa shape index (κ3) is 3.48. The zero-order valence-electron chi connectivity index (χ0n) is 11.1. The summed E-state index contributed by atoms with van der Waals surface area (Å²) in [6, 6.07) is 6.44. The summed E-state index contributed by atoms with van der Waals surface area (Å²) in [4.78, 5) is 24.6. The first-order valence-electron chi connectivity index (χ1n) is 6.52. The van der Waals surface area contributed by atoms with E-state index >= 15 is 0 Å². The van der Waals surface area contributed by atoms with Crippen LogP contribution in [0.3, 0.4) is 0 Å². The lowest BCUT2D eigenvalue weighted by Crippen LogP contribution is -2.52. The van der Waals surface area contributed by atoms with Gasteiger partial charge in [0.15, 0.2) is 6.04 Å². The van der Waals surface area contributed by atoms with Crippen LogP contribution < -0.4 is 5.73 Å². The van der Waals surface area contributed by atoms with Crippen molar-refractivity contribution in [2.45, 2.75) is 18.9 Å². The molecular weight excluding hydrogens is 260 g/mol. The number of nitrogens with zero attached hydrogens (tertiary/aromatic N) is 1. The van der Waals surface area contributed by atoms with Crippen molar-refractivity contribution in [3.05, 3.63) is 29.8 Å². The van der Waals surface area contributed by atoms with Crippen molar-refractivity contribution < 1.29 is 19.4 Å². The molecule has 1 fully saturated rings. The molecule has 1 aromatic rings. The highest BCUT2D eigenvalue weighted by Gasteiger charge is 2.32. The molecule has 1 aromatic carbocycles. The van der Waals surface area contributed by atoms with Crippen LogP contribution in [-0.4, -0.2) is 47.7 Å². The van der Waals surface area contributed by atoms with Crippen LogP contribution in [0.1, 0.15) is 12.0 Å². The van der Waals surface area contributed by atoms with Gasteiger partial charge >= 0.3 is 5.97 Å². The molecule has 1 heterocycles. The summed E-state index contributed by atoms with van der Waals surface area (Å²) in [5.41, 5.74) is 7.28. The zero-order valence-corrected chi connectivity index (χ0v) is 11.1. The minimum atomic E-state index is -1.02. The van der Waals surface area contributed by atoms with Crippen molar-refractivity contribution in [3.63, 3.8) is 0 Å². The number of nitrogens with two attached hydrogens (primary N) is 1. The number of ether oxygens (including phenoxy) is 1. The number of rotatable bonds is 4.